The van der Waals surface area contributed by atoms with Crippen LogP contribution in [0.1, 0.15) is 43.1 Å². The fraction of sp³-hybridized carbons (Fsp3) is 0.550. The van der Waals surface area contributed by atoms with Crippen LogP contribution in [-0.2, 0) is 6.42 Å². The summed E-state index contributed by atoms with van der Waals surface area (Å²) in [4.78, 5) is 11.6. The van der Waals surface area contributed by atoms with Crippen molar-refractivity contribution in [3.8, 4) is 0 Å². The number of hydrogen-bond acceptors (Lipinski definition) is 5. The number of rotatable bonds is 8. The van der Waals surface area contributed by atoms with Crippen molar-refractivity contribution in [1.82, 2.24) is 25.7 Å². The molecule has 1 aliphatic rings. The van der Waals surface area contributed by atoms with Gasteiger partial charge >= 0.3 is 0 Å². The van der Waals surface area contributed by atoms with E-state index in [0.29, 0.717) is 30.7 Å². The summed E-state index contributed by atoms with van der Waals surface area (Å²) < 4.78 is 5.16. The summed E-state index contributed by atoms with van der Waals surface area (Å²) in [6.45, 7) is 8.46. The number of nitrogens with one attached hydrogen (secondary N) is 2. The lowest BCUT2D eigenvalue weighted by atomic mass is 10.1. The summed E-state index contributed by atoms with van der Waals surface area (Å²) >= 11 is 0. The smallest absolute Gasteiger partial charge is 0.228 e. The van der Waals surface area contributed by atoms with Gasteiger partial charge in [-0.25, -0.2) is 0 Å². The average molecular weight is 498 g/mol. The van der Waals surface area contributed by atoms with Crippen molar-refractivity contribution >= 4 is 29.9 Å². The first-order chi connectivity index (χ1) is 13.3. The van der Waals surface area contributed by atoms with Gasteiger partial charge in [0.15, 0.2) is 11.8 Å². The molecule has 1 aromatic carbocycles. The molecule has 7 nitrogen and oxygen atoms in total. The molecule has 0 aliphatic carbocycles. The predicted octanol–water partition coefficient (Wildman–Crippen LogP) is 2.93. The highest BCUT2D eigenvalue weighted by atomic mass is 127. The van der Waals surface area contributed by atoms with Crippen molar-refractivity contribution in [3.63, 3.8) is 0 Å². The van der Waals surface area contributed by atoms with Gasteiger partial charge in [0.1, 0.15) is 0 Å². The Balaban J connectivity index is 0.00000280. The quantitative estimate of drug-likeness (QED) is 0.331. The molecule has 8 heteroatoms. The molecular formula is C20H31IN6O. The third-order valence-corrected chi connectivity index (χ3v) is 4.73. The van der Waals surface area contributed by atoms with E-state index in [9.17, 15) is 0 Å². The Labute approximate surface area is 184 Å². The summed E-state index contributed by atoms with van der Waals surface area (Å²) in [5.41, 5.74) is 1.33. The molecule has 28 heavy (non-hydrogen) atoms. The van der Waals surface area contributed by atoms with Crippen LogP contribution in [0.2, 0.25) is 0 Å². The van der Waals surface area contributed by atoms with Crippen LogP contribution < -0.4 is 10.6 Å². The predicted molar refractivity (Wildman–Crippen MR) is 122 cm³/mol. The highest BCUT2D eigenvalue weighted by molar-refractivity contribution is 14.0. The van der Waals surface area contributed by atoms with E-state index in [1.54, 1.807) is 0 Å². The number of likely N-dealkylation sites (tertiary alicyclic amines) is 1. The van der Waals surface area contributed by atoms with Crippen molar-refractivity contribution in [1.29, 1.82) is 0 Å². The van der Waals surface area contributed by atoms with Crippen molar-refractivity contribution < 1.29 is 4.52 Å². The second kappa shape index (κ2) is 12.0. The molecule has 3 rings (SSSR count). The first-order valence-corrected chi connectivity index (χ1v) is 9.86. The number of aromatic nitrogens is 2. The van der Waals surface area contributed by atoms with Gasteiger partial charge in [0.05, 0.1) is 12.6 Å². The Bertz CT molecular complexity index is 714. The summed E-state index contributed by atoms with van der Waals surface area (Å²) in [5, 5.41) is 10.5. The molecular weight excluding hydrogens is 467 g/mol. The molecule has 0 radical (unpaired) electrons. The second-order valence-corrected chi connectivity index (χ2v) is 6.80. The summed E-state index contributed by atoms with van der Waals surface area (Å²) in [7, 11) is 0. The zero-order chi connectivity index (χ0) is 18.9. The SMILES string of the molecule is CCNC(=NCC(c1ccccc1)N1CCCC1)NCCc1nc(C)no1.I. The van der Waals surface area contributed by atoms with Crippen LogP contribution in [0.4, 0.5) is 0 Å². The van der Waals surface area contributed by atoms with Crippen LogP contribution in [0.25, 0.3) is 0 Å². The third kappa shape index (κ3) is 6.73. The monoisotopic (exact) mass is 498 g/mol. The topological polar surface area (TPSA) is 78.6 Å². The van der Waals surface area contributed by atoms with Crippen LogP contribution in [0.3, 0.4) is 0 Å². The van der Waals surface area contributed by atoms with Gasteiger partial charge in [0.25, 0.3) is 0 Å². The van der Waals surface area contributed by atoms with Crippen molar-refractivity contribution in [3.05, 3.63) is 47.6 Å². The molecule has 1 atom stereocenters. The molecule has 2 aromatic rings. The van der Waals surface area contributed by atoms with Gasteiger partial charge in [-0.2, -0.15) is 4.98 Å². The zero-order valence-corrected chi connectivity index (χ0v) is 19.1. The van der Waals surface area contributed by atoms with E-state index in [-0.39, 0.29) is 24.0 Å². The molecule has 1 aromatic heterocycles. The van der Waals surface area contributed by atoms with Gasteiger partial charge in [0, 0.05) is 19.5 Å². The summed E-state index contributed by atoms with van der Waals surface area (Å²) in [6, 6.07) is 11.0. The van der Waals surface area contributed by atoms with E-state index in [1.165, 1.54) is 18.4 Å². The standard InChI is InChI=1S/C20H30N6O.HI/c1-3-21-20(22-12-11-19-24-16(2)25-27-19)23-15-18(26-13-7-8-14-26)17-9-5-4-6-10-17;/h4-6,9-10,18H,3,7-8,11-15H2,1-2H3,(H2,21,22,23);1H. The van der Waals surface area contributed by atoms with Crippen LogP contribution in [0, 0.1) is 6.92 Å². The van der Waals surface area contributed by atoms with Crippen molar-refractivity contribution in [2.45, 2.75) is 39.2 Å². The number of halogens is 1. The van der Waals surface area contributed by atoms with E-state index in [2.05, 4.69) is 62.9 Å². The Hall–Kier alpha value is -1.68. The number of guanidine groups is 1. The molecule has 0 amide bonds. The van der Waals surface area contributed by atoms with Crippen LogP contribution in [-0.4, -0.2) is 53.7 Å². The zero-order valence-electron chi connectivity index (χ0n) is 16.7. The second-order valence-electron chi connectivity index (χ2n) is 6.80. The highest BCUT2D eigenvalue weighted by Gasteiger charge is 2.23. The van der Waals surface area contributed by atoms with Gasteiger partial charge in [-0.15, -0.1) is 24.0 Å². The summed E-state index contributed by atoms with van der Waals surface area (Å²) in [5.74, 6) is 2.14. The molecule has 0 spiro atoms. The van der Waals surface area contributed by atoms with E-state index in [0.717, 1.165) is 32.1 Å². The maximum absolute atomic E-state index is 5.16. The maximum Gasteiger partial charge on any atom is 0.228 e. The fourth-order valence-electron chi connectivity index (χ4n) is 3.41. The lowest BCUT2D eigenvalue weighted by Crippen LogP contribution is -2.39. The van der Waals surface area contributed by atoms with Crippen molar-refractivity contribution in [2.75, 3.05) is 32.7 Å². The van der Waals surface area contributed by atoms with E-state index >= 15 is 0 Å². The number of benzene rings is 1. The van der Waals surface area contributed by atoms with Crippen LogP contribution in [0.5, 0.6) is 0 Å². The van der Waals surface area contributed by atoms with Crippen molar-refractivity contribution in [2.24, 2.45) is 4.99 Å². The molecule has 1 saturated heterocycles. The molecule has 154 valence electrons. The molecule has 0 bridgehead atoms. The van der Waals surface area contributed by atoms with Gasteiger partial charge in [0.2, 0.25) is 5.89 Å². The highest BCUT2D eigenvalue weighted by Crippen LogP contribution is 2.25. The Kier molecular flexibility index (Phi) is 9.69. The fourth-order valence-corrected chi connectivity index (χ4v) is 3.41. The minimum absolute atomic E-state index is 0. The molecule has 2 heterocycles. The number of aryl methyl sites for hydroxylation is 1. The first kappa shape index (κ1) is 22.6. The first-order valence-electron chi connectivity index (χ1n) is 9.86. The van der Waals surface area contributed by atoms with Crippen LogP contribution >= 0.6 is 24.0 Å². The molecule has 1 fully saturated rings. The normalized spacial score (nSPS) is 15.9. The van der Waals surface area contributed by atoms with E-state index in [4.69, 9.17) is 9.52 Å². The minimum Gasteiger partial charge on any atom is -0.357 e. The number of nitrogens with zero attached hydrogens (tertiary/aromatic N) is 4. The lowest BCUT2D eigenvalue weighted by Gasteiger charge is -2.27. The Morgan fingerprint density at radius 3 is 2.61 bits per heavy atom. The molecule has 2 N–H and O–H groups in total. The number of hydrogen-bond donors (Lipinski definition) is 2. The minimum atomic E-state index is 0. The Morgan fingerprint density at radius 2 is 1.96 bits per heavy atom. The molecule has 0 saturated carbocycles. The van der Waals surface area contributed by atoms with E-state index < -0.39 is 0 Å². The van der Waals surface area contributed by atoms with Gasteiger partial charge in [-0.3, -0.25) is 9.89 Å². The molecule has 1 unspecified atom stereocenters. The molecule has 1 aliphatic heterocycles. The van der Waals surface area contributed by atoms with Crippen LogP contribution in [0.15, 0.2) is 39.8 Å². The largest absolute Gasteiger partial charge is 0.357 e. The van der Waals surface area contributed by atoms with Gasteiger partial charge in [-0.1, -0.05) is 35.5 Å². The van der Waals surface area contributed by atoms with Gasteiger partial charge in [-0.05, 0) is 45.3 Å². The number of aliphatic imine (C=N–C) groups is 1. The maximum atomic E-state index is 5.16. The van der Waals surface area contributed by atoms with E-state index in [1.807, 2.05) is 6.92 Å². The average Bonchev–Trinajstić information content (AvgIpc) is 3.35. The third-order valence-electron chi connectivity index (χ3n) is 4.73. The Morgan fingerprint density at radius 1 is 1.21 bits per heavy atom. The summed E-state index contributed by atoms with van der Waals surface area (Å²) in [6.07, 6.45) is 3.23. The van der Waals surface area contributed by atoms with Gasteiger partial charge < -0.3 is 15.2 Å². The lowest BCUT2D eigenvalue weighted by molar-refractivity contribution is 0.251.